The van der Waals surface area contributed by atoms with Crippen molar-refractivity contribution in [3.05, 3.63) is 71.3 Å². The van der Waals surface area contributed by atoms with Crippen LogP contribution in [0.1, 0.15) is 26.3 Å². The zero-order chi connectivity index (χ0) is 17.6. The Bertz CT molecular complexity index is 772. The van der Waals surface area contributed by atoms with Crippen molar-refractivity contribution in [1.29, 1.82) is 0 Å². The van der Waals surface area contributed by atoms with E-state index in [0.29, 0.717) is 5.56 Å². The van der Waals surface area contributed by atoms with Crippen molar-refractivity contribution in [2.45, 2.75) is 0 Å². The number of carbonyl (C=O) groups is 2. The second-order valence-corrected chi connectivity index (χ2v) is 5.77. The Balaban J connectivity index is 1.65. The molecule has 5 heteroatoms. The number of ketones is 1. The Morgan fingerprint density at radius 2 is 1.52 bits per heavy atom. The van der Waals surface area contributed by atoms with E-state index in [2.05, 4.69) is 4.90 Å². The molecule has 1 N–H and O–H groups in total. The van der Waals surface area contributed by atoms with Crippen molar-refractivity contribution >= 4 is 23.5 Å². The molecule has 128 valence electrons. The number of hydrogen-bond donors (Lipinski definition) is 1. The molecule has 1 aliphatic heterocycles. The van der Waals surface area contributed by atoms with Crippen LogP contribution in [0.4, 0.5) is 5.69 Å². The zero-order valence-electron chi connectivity index (χ0n) is 13.7. The minimum absolute atomic E-state index is 0.0872. The highest BCUT2D eigenvalue weighted by Gasteiger charge is 2.11. The summed E-state index contributed by atoms with van der Waals surface area (Å²) in [7, 11) is 0. The SMILES string of the molecule is O=C(O)c1ccc(C=CC(=O)c2ccc(N3CCOCC3)cc2)cc1. The smallest absolute Gasteiger partial charge is 0.335 e. The van der Waals surface area contributed by atoms with Gasteiger partial charge in [0.15, 0.2) is 5.78 Å². The van der Waals surface area contributed by atoms with Gasteiger partial charge in [-0.15, -0.1) is 0 Å². The third-order valence-electron chi connectivity index (χ3n) is 4.11. The molecule has 25 heavy (non-hydrogen) atoms. The molecule has 3 rings (SSSR count). The molecule has 0 aliphatic carbocycles. The van der Waals surface area contributed by atoms with Crippen LogP contribution in [0.15, 0.2) is 54.6 Å². The van der Waals surface area contributed by atoms with Crippen LogP contribution in [0.5, 0.6) is 0 Å². The largest absolute Gasteiger partial charge is 0.478 e. The van der Waals surface area contributed by atoms with Gasteiger partial charge in [-0.2, -0.15) is 0 Å². The first-order chi connectivity index (χ1) is 12.1. The van der Waals surface area contributed by atoms with Crippen LogP contribution < -0.4 is 4.90 Å². The molecule has 0 aromatic heterocycles. The standard InChI is InChI=1S/C20H19NO4/c22-19(10-3-15-1-4-17(5-2-15)20(23)24)16-6-8-18(9-7-16)21-11-13-25-14-12-21/h1-10H,11-14H2,(H,23,24). The minimum Gasteiger partial charge on any atom is -0.478 e. The number of nitrogens with zero attached hydrogens (tertiary/aromatic N) is 1. The number of carbonyl (C=O) groups excluding carboxylic acids is 1. The number of carboxylic acid groups (broad SMARTS) is 1. The highest BCUT2D eigenvalue weighted by atomic mass is 16.5. The van der Waals surface area contributed by atoms with Gasteiger partial charge in [-0.25, -0.2) is 4.79 Å². The van der Waals surface area contributed by atoms with Crippen molar-refractivity contribution in [3.63, 3.8) is 0 Å². The number of rotatable bonds is 5. The molecule has 0 saturated carbocycles. The lowest BCUT2D eigenvalue weighted by Gasteiger charge is -2.28. The van der Waals surface area contributed by atoms with Crippen LogP contribution in [0, 0.1) is 0 Å². The third kappa shape index (κ3) is 4.33. The van der Waals surface area contributed by atoms with Gasteiger partial charge in [-0.05, 0) is 48.0 Å². The molecule has 0 unspecified atom stereocenters. The molecule has 0 bridgehead atoms. The van der Waals surface area contributed by atoms with Crippen molar-refractivity contribution in [1.82, 2.24) is 0 Å². The van der Waals surface area contributed by atoms with Crippen LogP contribution in [0.3, 0.4) is 0 Å². The van der Waals surface area contributed by atoms with E-state index >= 15 is 0 Å². The van der Waals surface area contributed by atoms with E-state index in [1.165, 1.54) is 18.2 Å². The van der Waals surface area contributed by atoms with E-state index in [1.54, 1.807) is 18.2 Å². The van der Waals surface area contributed by atoms with Gasteiger partial charge in [-0.3, -0.25) is 4.79 Å². The molecular formula is C20H19NO4. The van der Waals surface area contributed by atoms with Gasteiger partial charge in [0.1, 0.15) is 0 Å². The quantitative estimate of drug-likeness (QED) is 0.671. The van der Waals surface area contributed by atoms with Gasteiger partial charge < -0.3 is 14.7 Å². The Hall–Kier alpha value is -2.92. The Morgan fingerprint density at radius 3 is 2.12 bits per heavy atom. The van der Waals surface area contributed by atoms with Crippen molar-refractivity contribution in [2.24, 2.45) is 0 Å². The molecule has 2 aromatic rings. The molecule has 0 atom stereocenters. The highest BCUT2D eigenvalue weighted by Crippen LogP contribution is 2.17. The summed E-state index contributed by atoms with van der Waals surface area (Å²) in [6, 6.07) is 13.9. The summed E-state index contributed by atoms with van der Waals surface area (Å²) in [5.74, 6) is -1.05. The molecule has 1 heterocycles. The van der Waals surface area contributed by atoms with E-state index in [1.807, 2.05) is 24.3 Å². The van der Waals surface area contributed by atoms with Crippen LogP contribution in [-0.2, 0) is 4.74 Å². The van der Waals surface area contributed by atoms with Gasteiger partial charge in [0.2, 0.25) is 0 Å². The van der Waals surface area contributed by atoms with Gasteiger partial charge in [0.25, 0.3) is 0 Å². The predicted octanol–water partition coefficient (Wildman–Crippen LogP) is 3.12. The van der Waals surface area contributed by atoms with E-state index in [0.717, 1.165) is 37.6 Å². The molecule has 1 fully saturated rings. The lowest BCUT2D eigenvalue weighted by Crippen LogP contribution is -2.36. The number of anilines is 1. The normalized spacial score (nSPS) is 14.6. The van der Waals surface area contributed by atoms with Crippen LogP contribution in [0.25, 0.3) is 6.08 Å². The van der Waals surface area contributed by atoms with Crippen molar-refractivity contribution in [2.75, 3.05) is 31.2 Å². The molecule has 0 radical (unpaired) electrons. The summed E-state index contributed by atoms with van der Waals surface area (Å²) in [5, 5.41) is 8.88. The Labute approximate surface area is 146 Å². The van der Waals surface area contributed by atoms with Crippen LogP contribution >= 0.6 is 0 Å². The summed E-state index contributed by atoms with van der Waals surface area (Å²) in [6.07, 6.45) is 3.18. The van der Waals surface area contributed by atoms with E-state index < -0.39 is 5.97 Å². The first kappa shape index (κ1) is 16.9. The minimum atomic E-state index is -0.966. The summed E-state index contributed by atoms with van der Waals surface area (Å²) in [5.41, 5.74) is 2.72. The summed E-state index contributed by atoms with van der Waals surface area (Å²) in [6.45, 7) is 3.17. The fourth-order valence-corrected chi connectivity index (χ4v) is 2.66. The molecule has 5 nitrogen and oxygen atoms in total. The first-order valence-corrected chi connectivity index (χ1v) is 8.12. The second kappa shape index (κ2) is 7.77. The Morgan fingerprint density at radius 1 is 0.920 bits per heavy atom. The maximum Gasteiger partial charge on any atom is 0.335 e. The lowest BCUT2D eigenvalue weighted by molar-refractivity contribution is 0.0696. The lowest BCUT2D eigenvalue weighted by atomic mass is 10.1. The number of morpholine rings is 1. The molecule has 1 aliphatic rings. The van der Waals surface area contributed by atoms with Crippen molar-refractivity contribution < 1.29 is 19.4 Å². The predicted molar refractivity (Wildman–Crippen MR) is 96.2 cm³/mol. The number of hydrogen-bond acceptors (Lipinski definition) is 4. The summed E-state index contributed by atoms with van der Waals surface area (Å²) >= 11 is 0. The average Bonchev–Trinajstić information content (AvgIpc) is 2.67. The third-order valence-corrected chi connectivity index (χ3v) is 4.11. The highest BCUT2D eigenvalue weighted by molar-refractivity contribution is 6.07. The van der Waals surface area contributed by atoms with Crippen molar-refractivity contribution in [3.8, 4) is 0 Å². The van der Waals surface area contributed by atoms with Gasteiger partial charge in [-0.1, -0.05) is 18.2 Å². The number of benzene rings is 2. The Kier molecular flexibility index (Phi) is 5.26. The van der Waals surface area contributed by atoms with Crippen LogP contribution in [0.2, 0.25) is 0 Å². The van der Waals surface area contributed by atoms with Gasteiger partial charge in [0.05, 0.1) is 18.8 Å². The first-order valence-electron chi connectivity index (χ1n) is 8.12. The van der Waals surface area contributed by atoms with Gasteiger partial charge >= 0.3 is 5.97 Å². The molecular weight excluding hydrogens is 318 g/mol. The summed E-state index contributed by atoms with van der Waals surface area (Å²) in [4.78, 5) is 25.3. The van der Waals surface area contributed by atoms with Crippen LogP contribution in [-0.4, -0.2) is 43.2 Å². The summed E-state index contributed by atoms with van der Waals surface area (Å²) < 4.78 is 5.34. The second-order valence-electron chi connectivity index (χ2n) is 5.77. The zero-order valence-corrected chi connectivity index (χ0v) is 13.7. The fourth-order valence-electron chi connectivity index (χ4n) is 2.66. The number of aromatic carboxylic acids is 1. The molecule has 0 amide bonds. The molecule has 0 spiro atoms. The molecule has 2 aromatic carbocycles. The maximum absolute atomic E-state index is 12.3. The van der Waals surface area contributed by atoms with Gasteiger partial charge in [0, 0.05) is 24.3 Å². The van der Waals surface area contributed by atoms with E-state index in [9.17, 15) is 9.59 Å². The maximum atomic E-state index is 12.3. The topological polar surface area (TPSA) is 66.8 Å². The number of carboxylic acids is 1. The van der Waals surface area contributed by atoms with E-state index in [4.69, 9.17) is 9.84 Å². The monoisotopic (exact) mass is 337 g/mol. The molecule has 1 saturated heterocycles. The van der Waals surface area contributed by atoms with E-state index in [-0.39, 0.29) is 11.3 Å². The number of allylic oxidation sites excluding steroid dienone is 1. The number of ether oxygens (including phenoxy) is 1. The average molecular weight is 337 g/mol. The fraction of sp³-hybridized carbons (Fsp3) is 0.200.